The van der Waals surface area contributed by atoms with Gasteiger partial charge in [-0.2, -0.15) is 0 Å². The molecule has 1 aliphatic rings. The van der Waals surface area contributed by atoms with Crippen molar-refractivity contribution in [3.63, 3.8) is 0 Å². The SMILES string of the molecule is CCOC(=O)CNC(=O)c1cc2c(n(-c3ccccc3)c1=O)CCCC2=O. The fraction of sp³-hybridized carbons (Fsp3) is 0.300. The van der Waals surface area contributed by atoms with Gasteiger partial charge in [0.25, 0.3) is 11.5 Å². The molecule has 0 aliphatic heterocycles. The summed E-state index contributed by atoms with van der Waals surface area (Å²) in [5.74, 6) is -1.40. The first-order valence-corrected chi connectivity index (χ1v) is 8.84. The number of esters is 1. The number of aromatic nitrogens is 1. The number of carbonyl (C=O) groups is 3. The van der Waals surface area contributed by atoms with Crippen LogP contribution in [-0.4, -0.2) is 35.4 Å². The summed E-state index contributed by atoms with van der Waals surface area (Å²) in [6, 6.07) is 10.2. The molecule has 0 atom stereocenters. The molecular formula is C20H20N2O5. The van der Waals surface area contributed by atoms with E-state index >= 15 is 0 Å². The van der Waals surface area contributed by atoms with Crippen LogP contribution in [0.4, 0.5) is 0 Å². The molecule has 1 amide bonds. The topological polar surface area (TPSA) is 94.5 Å². The fourth-order valence-corrected chi connectivity index (χ4v) is 3.16. The highest BCUT2D eigenvalue weighted by molar-refractivity contribution is 6.02. The summed E-state index contributed by atoms with van der Waals surface area (Å²) in [6.07, 6.45) is 1.62. The number of nitrogens with zero attached hydrogens (tertiary/aromatic N) is 1. The standard InChI is InChI=1S/C20H20N2O5/c1-2-27-18(24)12-21-19(25)15-11-14-16(9-6-10-17(14)23)22(20(15)26)13-7-4-3-5-8-13/h3-5,7-8,11H,2,6,9-10,12H2,1H3,(H,21,25). The van der Waals surface area contributed by atoms with Crippen molar-refractivity contribution in [3.05, 3.63) is 63.6 Å². The predicted octanol–water partition coefficient (Wildman–Crippen LogP) is 1.65. The lowest BCUT2D eigenvalue weighted by Crippen LogP contribution is -2.38. The number of pyridine rings is 1. The first kappa shape index (κ1) is 18.6. The van der Waals surface area contributed by atoms with Gasteiger partial charge >= 0.3 is 5.97 Å². The van der Waals surface area contributed by atoms with Gasteiger partial charge in [0.05, 0.1) is 6.61 Å². The molecule has 1 aromatic heterocycles. The van der Waals surface area contributed by atoms with Crippen LogP contribution in [0.1, 0.15) is 46.2 Å². The van der Waals surface area contributed by atoms with Crippen LogP contribution in [0.25, 0.3) is 5.69 Å². The number of benzene rings is 1. The second kappa shape index (κ2) is 7.99. The molecule has 140 valence electrons. The maximum absolute atomic E-state index is 13.0. The van der Waals surface area contributed by atoms with Crippen LogP contribution in [0.15, 0.2) is 41.2 Å². The van der Waals surface area contributed by atoms with E-state index in [1.165, 1.54) is 10.6 Å². The minimum absolute atomic E-state index is 0.0969. The van der Waals surface area contributed by atoms with Gasteiger partial charge in [-0.25, -0.2) is 0 Å². The summed E-state index contributed by atoms with van der Waals surface area (Å²) in [6.45, 7) is 1.51. The Morgan fingerprint density at radius 1 is 1.15 bits per heavy atom. The molecule has 3 rings (SSSR count). The van der Waals surface area contributed by atoms with E-state index in [-0.39, 0.29) is 24.5 Å². The lowest BCUT2D eigenvalue weighted by Gasteiger charge is -2.21. The van der Waals surface area contributed by atoms with Gasteiger partial charge in [-0.15, -0.1) is 0 Å². The van der Waals surface area contributed by atoms with Crippen molar-refractivity contribution < 1.29 is 19.1 Å². The number of carbonyl (C=O) groups excluding carboxylic acids is 3. The Morgan fingerprint density at radius 2 is 1.89 bits per heavy atom. The number of hydrogen-bond acceptors (Lipinski definition) is 5. The molecule has 1 aliphatic carbocycles. The second-order valence-corrected chi connectivity index (χ2v) is 6.16. The molecule has 2 aromatic rings. The smallest absolute Gasteiger partial charge is 0.325 e. The minimum Gasteiger partial charge on any atom is -0.465 e. The van der Waals surface area contributed by atoms with E-state index in [4.69, 9.17) is 4.74 Å². The van der Waals surface area contributed by atoms with Gasteiger partial charge in [0.15, 0.2) is 5.78 Å². The predicted molar refractivity (Wildman–Crippen MR) is 98.3 cm³/mol. The Kier molecular flexibility index (Phi) is 5.49. The Hall–Kier alpha value is -3.22. The lowest BCUT2D eigenvalue weighted by atomic mass is 9.92. The van der Waals surface area contributed by atoms with Crippen molar-refractivity contribution in [2.24, 2.45) is 0 Å². The van der Waals surface area contributed by atoms with Gasteiger partial charge in [-0.05, 0) is 38.0 Å². The van der Waals surface area contributed by atoms with Gasteiger partial charge in [0.1, 0.15) is 12.1 Å². The largest absolute Gasteiger partial charge is 0.465 e. The number of ketones is 1. The Morgan fingerprint density at radius 3 is 2.59 bits per heavy atom. The van der Waals surface area contributed by atoms with Crippen molar-refractivity contribution in [3.8, 4) is 5.69 Å². The molecule has 1 N–H and O–H groups in total. The number of Topliss-reactive ketones (excluding diaryl/α,β-unsaturated/α-hetero) is 1. The average molecular weight is 368 g/mol. The molecule has 0 saturated carbocycles. The summed E-state index contributed by atoms with van der Waals surface area (Å²) in [5, 5.41) is 2.39. The molecule has 0 bridgehead atoms. The third kappa shape index (κ3) is 3.81. The highest BCUT2D eigenvalue weighted by atomic mass is 16.5. The second-order valence-electron chi connectivity index (χ2n) is 6.16. The number of fused-ring (bicyclic) bond motifs is 1. The number of para-hydroxylation sites is 1. The molecular weight excluding hydrogens is 348 g/mol. The van der Waals surface area contributed by atoms with Gasteiger partial charge in [-0.1, -0.05) is 18.2 Å². The third-order valence-corrected chi connectivity index (χ3v) is 4.38. The van der Waals surface area contributed by atoms with Crippen LogP contribution in [0.2, 0.25) is 0 Å². The quantitative estimate of drug-likeness (QED) is 0.810. The maximum atomic E-state index is 13.0. The molecule has 0 fully saturated rings. The number of amides is 1. The molecule has 7 nitrogen and oxygen atoms in total. The Bertz CT molecular complexity index is 947. The van der Waals surface area contributed by atoms with Crippen LogP contribution < -0.4 is 10.9 Å². The summed E-state index contributed by atoms with van der Waals surface area (Å²) >= 11 is 0. The first-order chi connectivity index (χ1) is 13.0. The number of nitrogens with one attached hydrogen (secondary N) is 1. The van der Waals surface area contributed by atoms with Crippen LogP contribution >= 0.6 is 0 Å². The monoisotopic (exact) mass is 368 g/mol. The van der Waals surface area contributed by atoms with E-state index in [1.54, 1.807) is 31.2 Å². The lowest BCUT2D eigenvalue weighted by molar-refractivity contribution is -0.141. The summed E-state index contributed by atoms with van der Waals surface area (Å²) < 4.78 is 6.19. The highest BCUT2D eigenvalue weighted by Crippen LogP contribution is 2.23. The molecule has 1 heterocycles. The maximum Gasteiger partial charge on any atom is 0.325 e. The van der Waals surface area contributed by atoms with E-state index in [0.29, 0.717) is 36.2 Å². The van der Waals surface area contributed by atoms with Crippen LogP contribution in [0, 0.1) is 0 Å². The van der Waals surface area contributed by atoms with Gasteiger partial charge < -0.3 is 10.1 Å². The zero-order valence-electron chi connectivity index (χ0n) is 15.0. The molecule has 0 saturated heterocycles. The van der Waals surface area contributed by atoms with Crippen molar-refractivity contribution >= 4 is 17.7 Å². The van der Waals surface area contributed by atoms with Crippen LogP contribution in [0.5, 0.6) is 0 Å². The Labute approximate surface area is 156 Å². The van der Waals surface area contributed by atoms with E-state index in [1.807, 2.05) is 6.07 Å². The normalized spacial score (nSPS) is 13.0. The number of ether oxygens (including phenoxy) is 1. The summed E-state index contributed by atoms with van der Waals surface area (Å²) in [7, 11) is 0. The molecule has 0 radical (unpaired) electrons. The number of rotatable bonds is 5. The molecule has 27 heavy (non-hydrogen) atoms. The molecule has 0 spiro atoms. The third-order valence-electron chi connectivity index (χ3n) is 4.38. The van der Waals surface area contributed by atoms with Crippen LogP contribution in [0.3, 0.4) is 0 Å². The highest BCUT2D eigenvalue weighted by Gasteiger charge is 2.26. The zero-order chi connectivity index (χ0) is 19.4. The van der Waals surface area contributed by atoms with Crippen molar-refractivity contribution in [1.29, 1.82) is 0 Å². The first-order valence-electron chi connectivity index (χ1n) is 8.84. The molecule has 1 aromatic carbocycles. The van der Waals surface area contributed by atoms with Crippen molar-refractivity contribution in [2.45, 2.75) is 26.2 Å². The van der Waals surface area contributed by atoms with Crippen LogP contribution in [-0.2, 0) is 16.0 Å². The zero-order valence-corrected chi connectivity index (χ0v) is 15.0. The van der Waals surface area contributed by atoms with Gasteiger partial charge in [-0.3, -0.25) is 23.7 Å². The molecule has 7 heteroatoms. The van der Waals surface area contributed by atoms with E-state index in [0.717, 1.165) is 0 Å². The van der Waals surface area contributed by atoms with Gasteiger partial charge in [0.2, 0.25) is 0 Å². The molecule has 0 unspecified atom stereocenters. The average Bonchev–Trinajstić information content (AvgIpc) is 2.67. The van der Waals surface area contributed by atoms with Crippen molar-refractivity contribution in [1.82, 2.24) is 9.88 Å². The van der Waals surface area contributed by atoms with Gasteiger partial charge in [0, 0.05) is 23.4 Å². The number of hydrogen-bond donors (Lipinski definition) is 1. The van der Waals surface area contributed by atoms with Crippen molar-refractivity contribution in [2.75, 3.05) is 13.2 Å². The van der Waals surface area contributed by atoms with E-state index < -0.39 is 17.4 Å². The fourth-order valence-electron chi connectivity index (χ4n) is 3.16. The Balaban J connectivity index is 2.06. The summed E-state index contributed by atoms with van der Waals surface area (Å²) in [5.41, 5.74) is 0.900. The van der Waals surface area contributed by atoms with E-state index in [9.17, 15) is 19.2 Å². The summed E-state index contributed by atoms with van der Waals surface area (Å²) in [4.78, 5) is 49.4. The minimum atomic E-state index is -0.709. The van der Waals surface area contributed by atoms with E-state index in [2.05, 4.69) is 5.32 Å².